The average Bonchev–Trinajstić information content (AvgIpc) is 2.69. The van der Waals surface area contributed by atoms with E-state index in [4.69, 9.17) is 17.1 Å². The lowest BCUT2D eigenvalue weighted by Crippen LogP contribution is -2.10. The van der Waals surface area contributed by atoms with Gasteiger partial charge in [0.2, 0.25) is 0 Å². The second kappa shape index (κ2) is 11.8. The van der Waals surface area contributed by atoms with Crippen LogP contribution in [-0.2, 0) is 32.3 Å². The fourth-order valence-electron chi connectivity index (χ4n) is 2.17. The molecule has 0 aliphatic carbocycles. The fourth-order valence-corrected chi connectivity index (χ4v) is 4.35. The van der Waals surface area contributed by atoms with E-state index in [2.05, 4.69) is 64.4 Å². The number of carbonyl (C=O) groups is 2. The molecule has 6 nitrogen and oxygen atoms in total. The van der Waals surface area contributed by atoms with Gasteiger partial charge in [0, 0.05) is 11.1 Å². The maximum Gasteiger partial charge on any atom is 0.306 e. The SMILES string of the molecule is O=C(CCC(=O)OCc1cccc(Br)c1OBr)OCc1cccc(Br)c1OBr. The minimum absolute atomic E-state index is 0.0260. The molecular formula is C18H14Br4O6. The number of benzene rings is 2. The Kier molecular flexibility index (Phi) is 9.76. The van der Waals surface area contributed by atoms with Crippen LogP contribution in [0.25, 0.3) is 0 Å². The molecule has 28 heavy (non-hydrogen) atoms. The second-order valence-corrected chi connectivity index (χ2v) is 7.79. The molecule has 150 valence electrons. The van der Waals surface area contributed by atoms with Gasteiger partial charge in [-0.2, -0.15) is 0 Å². The maximum atomic E-state index is 11.9. The summed E-state index contributed by atoms with van der Waals surface area (Å²) in [4.78, 5) is 23.8. The summed E-state index contributed by atoms with van der Waals surface area (Å²) in [5, 5.41) is 0. The lowest BCUT2D eigenvalue weighted by molar-refractivity contribution is -0.151. The Morgan fingerprint density at radius 1 is 0.714 bits per heavy atom. The number of carbonyl (C=O) groups excluding carboxylic acids is 2. The summed E-state index contributed by atoms with van der Waals surface area (Å²) in [6.07, 6.45) is -0.171. The third-order valence-corrected chi connectivity index (χ3v) is 5.46. The molecule has 10 heteroatoms. The zero-order valence-electron chi connectivity index (χ0n) is 14.3. The summed E-state index contributed by atoms with van der Waals surface area (Å²) >= 11 is 12.5. The number of para-hydroxylation sites is 2. The van der Waals surface area contributed by atoms with Crippen LogP contribution in [0.5, 0.6) is 11.5 Å². The van der Waals surface area contributed by atoms with Gasteiger partial charge in [-0.25, -0.2) is 0 Å². The van der Waals surface area contributed by atoms with E-state index in [9.17, 15) is 9.59 Å². The normalized spacial score (nSPS) is 10.3. The molecule has 0 unspecified atom stereocenters. The molecule has 0 heterocycles. The van der Waals surface area contributed by atoms with Crippen molar-refractivity contribution in [2.24, 2.45) is 0 Å². The molecule has 2 aromatic rings. The van der Waals surface area contributed by atoms with Gasteiger partial charge in [0.05, 0.1) is 21.8 Å². The van der Waals surface area contributed by atoms with Gasteiger partial charge < -0.3 is 17.1 Å². The highest BCUT2D eigenvalue weighted by molar-refractivity contribution is 9.11. The molecule has 0 saturated carbocycles. The van der Waals surface area contributed by atoms with Gasteiger partial charge in [-0.05, 0) is 44.0 Å². The largest absolute Gasteiger partial charge is 0.461 e. The van der Waals surface area contributed by atoms with Crippen LogP contribution in [0.3, 0.4) is 0 Å². The lowest BCUT2D eigenvalue weighted by Gasteiger charge is -2.10. The summed E-state index contributed by atoms with van der Waals surface area (Å²) < 4.78 is 22.0. The second-order valence-electron chi connectivity index (χ2n) is 5.43. The molecule has 0 amide bonds. The Morgan fingerprint density at radius 3 is 1.46 bits per heavy atom. The first-order chi connectivity index (χ1) is 13.5. The smallest absolute Gasteiger partial charge is 0.306 e. The van der Waals surface area contributed by atoms with E-state index >= 15 is 0 Å². The molecule has 0 radical (unpaired) electrons. The molecule has 0 aliphatic rings. The van der Waals surface area contributed by atoms with Crippen LogP contribution in [-0.4, -0.2) is 11.9 Å². The Balaban J connectivity index is 1.78. The van der Waals surface area contributed by atoms with Gasteiger partial charge >= 0.3 is 11.9 Å². The van der Waals surface area contributed by atoms with Crippen molar-refractivity contribution < 1.29 is 26.7 Å². The van der Waals surface area contributed by atoms with Crippen LogP contribution in [0.2, 0.25) is 0 Å². The van der Waals surface area contributed by atoms with E-state index in [1.165, 1.54) is 0 Å². The summed E-state index contributed by atoms with van der Waals surface area (Å²) in [5.41, 5.74) is 1.36. The van der Waals surface area contributed by atoms with Crippen molar-refractivity contribution in [1.29, 1.82) is 0 Å². The van der Waals surface area contributed by atoms with Crippen molar-refractivity contribution >= 4 is 76.3 Å². The van der Waals surface area contributed by atoms with Crippen molar-refractivity contribution in [2.45, 2.75) is 26.1 Å². The summed E-state index contributed by atoms with van der Waals surface area (Å²) in [6, 6.07) is 10.7. The molecule has 2 rings (SSSR count). The van der Waals surface area contributed by atoms with E-state index in [0.29, 0.717) is 22.6 Å². The van der Waals surface area contributed by atoms with E-state index in [-0.39, 0.29) is 26.1 Å². The summed E-state index contributed by atoms with van der Waals surface area (Å²) in [5.74, 6) is 0.0239. The van der Waals surface area contributed by atoms with E-state index in [1.54, 1.807) is 36.4 Å². The van der Waals surface area contributed by atoms with Crippen molar-refractivity contribution in [3.63, 3.8) is 0 Å². The predicted octanol–water partition coefficient (Wildman–Crippen LogP) is 6.16. The van der Waals surface area contributed by atoms with Crippen LogP contribution in [0, 0.1) is 0 Å². The number of ether oxygens (including phenoxy) is 2. The zero-order chi connectivity index (χ0) is 20.5. The zero-order valence-corrected chi connectivity index (χ0v) is 20.6. The first-order valence-electron chi connectivity index (χ1n) is 7.89. The summed E-state index contributed by atoms with van der Waals surface area (Å²) in [6.45, 7) is 0.0521. The average molecular weight is 646 g/mol. The molecule has 0 fully saturated rings. The van der Waals surface area contributed by atoms with Crippen LogP contribution in [0.15, 0.2) is 45.3 Å². The molecule has 0 N–H and O–H groups in total. The van der Waals surface area contributed by atoms with Crippen molar-refractivity contribution in [3.8, 4) is 11.5 Å². The number of esters is 2. The Bertz CT molecular complexity index is 773. The monoisotopic (exact) mass is 642 g/mol. The quantitative estimate of drug-likeness (QED) is 0.305. The molecule has 0 bridgehead atoms. The number of halogens is 4. The van der Waals surface area contributed by atoms with Crippen LogP contribution in [0.4, 0.5) is 0 Å². The minimum Gasteiger partial charge on any atom is -0.461 e. The molecule has 0 spiro atoms. The standard InChI is InChI=1S/C18H14Br4O6/c19-13-5-1-3-11(17(13)27-21)9-25-15(23)7-8-16(24)26-10-12-4-2-6-14(20)18(12)28-22/h1-6H,7-10H2. The Labute approximate surface area is 196 Å². The van der Waals surface area contributed by atoms with Crippen molar-refractivity contribution in [2.75, 3.05) is 0 Å². The molecular weight excluding hydrogens is 632 g/mol. The predicted molar refractivity (Wildman–Crippen MR) is 116 cm³/mol. The topological polar surface area (TPSA) is 71.1 Å². The van der Waals surface area contributed by atoms with Gasteiger partial charge in [-0.3, -0.25) is 9.59 Å². The summed E-state index contributed by atoms with van der Waals surface area (Å²) in [7, 11) is 0. The van der Waals surface area contributed by atoms with Crippen molar-refractivity contribution in [1.82, 2.24) is 0 Å². The molecule has 0 atom stereocenters. The van der Waals surface area contributed by atoms with E-state index in [0.717, 1.165) is 8.95 Å². The Morgan fingerprint density at radius 2 is 1.11 bits per heavy atom. The van der Waals surface area contributed by atoms with E-state index < -0.39 is 11.9 Å². The lowest BCUT2D eigenvalue weighted by atomic mass is 10.2. The molecule has 2 aromatic carbocycles. The number of hydrogen-bond donors (Lipinski definition) is 0. The number of hydrogen-bond acceptors (Lipinski definition) is 6. The first-order valence-corrected chi connectivity index (χ1v) is 10.8. The number of rotatable bonds is 9. The molecule has 0 saturated heterocycles. The molecule has 0 aromatic heterocycles. The Hall–Kier alpha value is -1.10. The van der Waals surface area contributed by atoms with Gasteiger partial charge in [0.15, 0.2) is 44.0 Å². The minimum atomic E-state index is -0.510. The van der Waals surface area contributed by atoms with Gasteiger partial charge in [-0.15, -0.1) is 0 Å². The third kappa shape index (κ3) is 6.75. The highest BCUT2D eigenvalue weighted by Gasteiger charge is 2.14. The van der Waals surface area contributed by atoms with Gasteiger partial charge in [0.25, 0.3) is 0 Å². The van der Waals surface area contributed by atoms with Crippen LogP contribution < -0.4 is 7.66 Å². The van der Waals surface area contributed by atoms with Gasteiger partial charge in [-0.1, -0.05) is 24.3 Å². The van der Waals surface area contributed by atoms with Gasteiger partial charge in [0.1, 0.15) is 13.2 Å². The fraction of sp³-hybridized carbons (Fsp3) is 0.222. The third-order valence-electron chi connectivity index (χ3n) is 3.56. The van der Waals surface area contributed by atoms with Crippen LogP contribution >= 0.6 is 64.4 Å². The highest BCUT2D eigenvalue weighted by atomic mass is 79.9. The highest BCUT2D eigenvalue weighted by Crippen LogP contribution is 2.32. The van der Waals surface area contributed by atoms with E-state index in [1.807, 2.05) is 0 Å². The first kappa shape index (κ1) is 23.2. The van der Waals surface area contributed by atoms with Crippen LogP contribution in [0.1, 0.15) is 24.0 Å². The molecule has 0 aliphatic heterocycles. The van der Waals surface area contributed by atoms with Crippen molar-refractivity contribution in [3.05, 3.63) is 56.5 Å². The maximum absolute atomic E-state index is 11.9.